The van der Waals surface area contributed by atoms with Crippen molar-refractivity contribution >= 4 is 8.32 Å². The van der Waals surface area contributed by atoms with Crippen molar-refractivity contribution in [2.75, 3.05) is 6.61 Å². The molecule has 0 saturated carbocycles. The van der Waals surface area contributed by atoms with Gasteiger partial charge >= 0.3 is 0 Å². The Labute approximate surface area is 83.0 Å². The van der Waals surface area contributed by atoms with E-state index in [2.05, 4.69) is 32.6 Å². The number of hydrogen-bond acceptors (Lipinski definition) is 2. The lowest BCUT2D eigenvalue weighted by Gasteiger charge is -2.19. The molecule has 1 unspecified atom stereocenters. The first-order valence-corrected chi connectivity index (χ1v) is 8.41. The Balaban J connectivity index is 3.56. The first-order valence-electron chi connectivity index (χ1n) is 5.00. The summed E-state index contributed by atoms with van der Waals surface area (Å²) in [6.07, 6.45) is 2.79. The topological polar surface area (TPSA) is 33.0 Å². The summed E-state index contributed by atoms with van der Waals surface area (Å²) >= 11 is 0. The SMILES string of the molecule is CCC(CC#N)CCO[Si](C)(C)C. The Morgan fingerprint density at radius 2 is 2.00 bits per heavy atom. The van der Waals surface area contributed by atoms with Gasteiger partial charge in [-0.25, -0.2) is 0 Å². The molecule has 0 amide bonds. The van der Waals surface area contributed by atoms with Gasteiger partial charge in [0.05, 0.1) is 6.07 Å². The van der Waals surface area contributed by atoms with E-state index in [0.29, 0.717) is 12.3 Å². The fraction of sp³-hybridized carbons (Fsp3) is 0.900. The van der Waals surface area contributed by atoms with Crippen LogP contribution in [0.25, 0.3) is 0 Å². The molecule has 0 aliphatic rings. The zero-order valence-electron chi connectivity index (χ0n) is 9.26. The minimum absolute atomic E-state index is 0.529. The molecule has 2 nitrogen and oxygen atoms in total. The minimum Gasteiger partial charge on any atom is -0.418 e. The summed E-state index contributed by atoms with van der Waals surface area (Å²) in [5.41, 5.74) is 0. The molecule has 3 heteroatoms. The van der Waals surface area contributed by atoms with Gasteiger partial charge in [-0.15, -0.1) is 0 Å². The third-order valence-corrected chi connectivity index (χ3v) is 3.09. The summed E-state index contributed by atoms with van der Waals surface area (Å²) < 4.78 is 5.74. The van der Waals surface area contributed by atoms with Crippen molar-refractivity contribution in [2.45, 2.75) is 45.8 Å². The first kappa shape index (κ1) is 12.7. The molecule has 0 aromatic carbocycles. The fourth-order valence-electron chi connectivity index (χ4n) is 1.11. The standard InChI is InChI=1S/C10H21NOSi/c1-5-10(6-8-11)7-9-12-13(2,3)4/h10H,5-7,9H2,1-4H3. The Bertz CT molecular complexity index is 169. The lowest BCUT2D eigenvalue weighted by molar-refractivity contribution is 0.270. The van der Waals surface area contributed by atoms with Crippen molar-refractivity contribution in [1.82, 2.24) is 0 Å². The second kappa shape index (κ2) is 6.17. The molecule has 0 bridgehead atoms. The van der Waals surface area contributed by atoms with Crippen molar-refractivity contribution in [2.24, 2.45) is 5.92 Å². The Kier molecular flexibility index (Phi) is 6.01. The quantitative estimate of drug-likeness (QED) is 0.616. The molecule has 76 valence electrons. The zero-order chi connectivity index (χ0) is 10.3. The van der Waals surface area contributed by atoms with Crippen LogP contribution in [-0.4, -0.2) is 14.9 Å². The van der Waals surface area contributed by atoms with Gasteiger partial charge in [0.25, 0.3) is 0 Å². The van der Waals surface area contributed by atoms with Gasteiger partial charge in [-0.1, -0.05) is 13.3 Å². The van der Waals surface area contributed by atoms with Crippen molar-refractivity contribution < 1.29 is 4.43 Å². The average Bonchev–Trinajstić information content (AvgIpc) is 2.01. The normalized spacial score (nSPS) is 13.8. The molecule has 0 aromatic heterocycles. The molecule has 0 aliphatic heterocycles. The average molecular weight is 199 g/mol. The number of hydrogen-bond donors (Lipinski definition) is 0. The highest BCUT2D eigenvalue weighted by molar-refractivity contribution is 6.69. The van der Waals surface area contributed by atoms with Crippen LogP contribution in [0, 0.1) is 17.2 Å². The molecule has 0 saturated heterocycles. The lowest BCUT2D eigenvalue weighted by Crippen LogP contribution is -2.26. The Morgan fingerprint density at radius 3 is 2.38 bits per heavy atom. The molecule has 0 aliphatic carbocycles. The second-order valence-corrected chi connectivity index (χ2v) is 8.90. The zero-order valence-corrected chi connectivity index (χ0v) is 10.3. The van der Waals surface area contributed by atoms with Crippen molar-refractivity contribution in [3.8, 4) is 6.07 Å². The van der Waals surface area contributed by atoms with Crippen LogP contribution in [0.1, 0.15) is 26.2 Å². The van der Waals surface area contributed by atoms with E-state index in [1.54, 1.807) is 0 Å². The predicted octanol–water partition coefficient (Wildman–Crippen LogP) is 3.17. The first-order chi connectivity index (χ1) is 5.99. The molecular weight excluding hydrogens is 178 g/mol. The van der Waals surface area contributed by atoms with Crippen LogP contribution in [0.15, 0.2) is 0 Å². The summed E-state index contributed by atoms with van der Waals surface area (Å²) in [6.45, 7) is 9.54. The largest absolute Gasteiger partial charge is 0.418 e. The summed E-state index contributed by atoms with van der Waals surface area (Å²) in [7, 11) is -1.34. The highest BCUT2D eigenvalue weighted by Crippen LogP contribution is 2.13. The molecule has 0 aromatic rings. The Hall–Kier alpha value is -0.333. The van der Waals surface area contributed by atoms with Gasteiger partial charge in [0.1, 0.15) is 0 Å². The number of rotatable bonds is 6. The van der Waals surface area contributed by atoms with Gasteiger partial charge in [-0.3, -0.25) is 0 Å². The summed E-state index contributed by atoms with van der Waals surface area (Å²) in [4.78, 5) is 0. The summed E-state index contributed by atoms with van der Waals surface area (Å²) in [5.74, 6) is 0.529. The predicted molar refractivity (Wildman–Crippen MR) is 57.9 cm³/mol. The second-order valence-electron chi connectivity index (χ2n) is 4.39. The molecule has 0 rings (SSSR count). The fourth-order valence-corrected chi connectivity index (χ4v) is 1.84. The van der Waals surface area contributed by atoms with Crippen molar-refractivity contribution in [3.63, 3.8) is 0 Å². The van der Waals surface area contributed by atoms with E-state index in [1.165, 1.54) is 0 Å². The van der Waals surface area contributed by atoms with E-state index in [4.69, 9.17) is 9.69 Å². The number of nitriles is 1. The van der Waals surface area contributed by atoms with Crippen LogP contribution >= 0.6 is 0 Å². The van der Waals surface area contributed by atoms with E-state index in [0.717, 1.165) is 19.4 Å². The van der Waals surface area contributed by atoms with E-state index < -0.39 is 8.32 Å². The Morgan fingerprint density at radius 1 is 1.38 bits per heavy atom. The van der Waals surface area contributed by atoms with Crippen LogP contribution in [0.3, 0.4) is 0 Å². The molecule has 0 spiro atoms. The third-order valence-electron chi connectivity index (χ3n) is 2.02. The maximum atomic E-state index is 8.54. The van der Waals surface area contributed by atoms with E-state index >= 15 is 0 Å². The van der Waals surface area contributed by atoms with Gasteiger partial charge in [0.2, 0.25) is 0 Å². The van der Waals surface area contributed by atoms with E-state index in [1.807, 2.05) is 0 Å². The maximum absolute atomic E-state index is 8.54. The highest BCUT2D eigenvalue weighted by atomic mass is 28.4. The van der Waals surface area contributed by atoms with E-state index in [-0.39, 0.29) is 0 Å². The van der Waals surface area contributed by atoms with Gasteiger partial charge < -0.3 is 4.43 Å². The molecule has 0 fully saturated rings. The van der Waals surface area contributed by atoms with Crippen LogP contribution in [0.5, 0.6) is 0 Å². The van der Waals surface area contributed by atoms with Gasteiger partial charge in [-0.05, 0) is 32.0 Å². The van der Waals surface area contributed by atoms with Crippen LogP contribution in [0.4, 0.5) is 0 Å². The molecule has 0 heterocycles. The molecular formula is C10H21NOSi. The van der Waals surface area contributed by atoms with Crippen LogP contribution in [-0.2, 0) is 4.43 Å². The summed E-state index contributed by atoms with van der Waals surface area (Å²) in [6, 6.07) is 2.22. The van der Waals surface area contributed by atoms with Crippen LogP contribution in [0.2, 0.25) is 19.6 Å². The monoisotopic (exact) mass is 199 g/mol. The maximum Gasteiger partial charge on any atom is 0.183 e. The van der Waals surface area contributed by atoms with E-state index in [9.17, 15) is 0 Å². The highest BCUT2D eigenvalue weighted by Gasteiger charge is 2.14. The van der Waals surface area contributed by atoms with Gasteiger partial charge in [-0.2, -0.15) is 5.26 Å². The van der Waals surface area contributed by atoms with Crippen molar-refractivity contribution in [1.29, 1.82) is 5.26 Å². The van der Waals surface area contributed by atoms with Crippen LogP contribution < -0.4 is 0 Å². The minimum atomic E-state index is -1.34. The molecule has 0 radical (unpaired) electrons. The molecule has 0 N–H and O–H groups in total. The third kappa shape index (κ3) is 8.01. The van der Waals surface area contributed by atoms with Gasteiger partial charge in [0.15, 0.2) is 8.32 Å². The van der Waals surface area contributed by atoms with Crippen molar-refractivity contribution in [3.05, 3.63) is 0 Å². The smallest absolute Gasteiger partial charge is 0.183 e. The lowest BCUT2D eigenvalue weighted by atomic mass is 10.0. The molecule has 13 heavy (non-hydrogen) atoms. The van der Waals surface area contributed by atoms with Gasteiger partial charge in [0, 0.05) is 13.0 Å². The summed E-state index contributed by atoms with van der Waals surface area (Å²) in [5, 5.41) is 8.54. The number of nitrogens with zero attached hydrogens (tertiary/aromatic N) is 1. The molecule has 1 atom stereocenters.